The summed E-state index contributed by atoms with van der Waals surface area (Å²) in [6.07, 6.45) is 0. The maximum atomic E-state index is 13.3. The van der Waals surface area contributed by atoms with E-state index in [0.29, 0.717) is 16.8 Å². The van der Waals surface area contributed by atoms with E-state index in [1.54, 1.807) is 10.6 Å². The summed E-state index contributed by atoms with van der Waals surface area (Å²) in [5.41, 5.74) is 2.23. The van der Waals surface area contributed by atoms with E-state index in [1.807, 2.05) is 78.2 Å². The topological polar surface area (TPSA) is 42.2 Å². The number of pyridine rings is 1. The predicted octanol–water partition coefficient (Wildman–Crippen LogP) is 4.94. The molecule has 4 rings (SSSR count). The molecular formula is C21H15NO2S. The number of nitrogens with zero attached hydrogens (tertiary/aromatic N) is 1. The molecule has 122 valence electrons. The number of rotatable bonds is 3. The second-order valence-corrected chi connectivity index (χ2v) is 6.56. The molecule has 0 bridgehead atoms. The van der Waals surface area contributed by atoms with Gasteiger partial charge in [0.1, 0.15) is 5.75 Å². The van der Waals surface area contributed by atoms with Crippen LogP contribution in [0.1, 0.15) is 0 Å². The first-order valence-corrected chi connectivity index (χ1v) is 8.77. The molecule has 0 aliphatic heterocycles. The Morgan fingerprint density at radius 3 is 2.16 bits per heavy atom. The zero-order chi connectivity index (χ0) is 17.2. The first-order chi connectivity index (χ1) is 12.3. The molecule has 0 fully saturated rings. The molecular weight excluding hydrogens is 330 g/mol. The molecule has 0 saturated heterocycles. The monoisotopic (exact) mass is 345 g/mol. The van der Waals surface area contributed by atoms with Crippen LogP contribution in [0, 0.1) is 0 Å². The third-order valence-corrected chi connectivity index (χ3v) is 4.93. The molecule has 0 amide bonds. The zero-order valence-electron chi connectivity index (χ0n) is 13.3. The largest absolute Gasteiger partial charge is 0.507 e. The van der Waals surface area contributed by atoms with Crippen LogP contribution in [0.2, 0.25) is 0 Å². The molecule has 25 heavy (non-hydrogen) atoms. The molecule has 0 aliphatic carbocycles. The van der Waals surface area contributed by atoms with E-state index in [0.717, 1.165) is 10.6 Å². The van der Waals surface area contributed by atoms with Gasteiger partial charge in [-0.05, 0) is 29.1 Å². The summed E-state index contributed by atoms with van der Waals surface area (Å²) in [6, 6.07) is 24.3. The van der Waals surface area contributed by atoms with Crippen LogP contribution in [-0.4, -0.2) is 9.67 Å². The number of hydrogen-bond donors (Lipinski definition) is 1. The lowest BCUT2D eigenvalue weighted by Crippen LogP contribution is -2.21. The van der Waals surface area contributed by atoms with Crippen LogP contribution in [0.15, 0.2) is 89.0 Å². The van der Waals surface area contributed by atoms with Crippen molar-refractivity contribution in [1.82, 2.24) is 4.57 Å². The second-order valence-electron chi connectivity index (χ2n) is 5.61. The van der Waals surface area contributed by atoms with Gasteiger partial charge in [-0.2, -0.15) is 0 Å². The Kier molecular flexibility index (Phi) is 3.96. The summed E-state index contributed by atoms with van der Waals surface area (Å²) in [6.45, 7) is 0. The lowest BCUT2D eigenvalue weighted by Gasteiger charge is -2.15. The van der Waals surface area contributed by atoms with Gasteiger partial charge in [0.05, 0.1) is 16.1 Å². The normalized spacial score (nSPS) is 10.7. The fourth-order valence-electron chi connectivity index (χ4n) is 2.91. The van der Waals surface area contributed by atoms with E-state index in [-0.39, 0.29) is 11.3 Å². The SMILES string of the molecule is O=c1c(-c2ccccc2)c(O)cc(-c2cccs2)n1-c1ccccc1. The van der Waals surface area contributed by atoms with Gasteiger partial charge in [0.15, 0.2) is 0 Å². The van der Waals surface area contributed by atoms with Crippen LogP contribution in [0.5, 0.6) is 5.75 Å². The van der Waals surface area contributed by atoms with Gasteiger partial charge in [-0.25, -0.2) is 0 Å². The van der Waals surface area contributed by atoms with E-state index in [1.165, 1.54) is 11.3 Å². The quantitative estimate of drug-likeness (QED) is 0.571. The highest BCUT2D eigenvalue weighted by molar-refractivity contribution is 7.13. The summed E-state index contributed by atoms with van der Waals surface area (Å²) in [7, 11) is 0. The molecule has 0 aliphatic rings. The second kappa shape index (κ2) is 6.42. The third-order valence-electron chi connectivity index (χ3n) is 4.04. The van der Waals surface area contributed by atoms with Crippen molar-refractivity contribution >= 4 is 11.3 Å². The van der Waals surface area contributed by atoms with Crippen molar-refractivity contribution in [2.75, 3.05) is 0 Å². The molecule has 4 heteroatoms. The van der Waals surface area contributed by atoms with Gasteiger partial charge in [0, 0.05) is 11.8 Å². The standard InChI is InChI=1S/C21H15NO2S/c23-18-14-17(19-12-7-13-25-19)22(16-10-5-2-6-11-16)21(24)20(18)15-8-3-1-4-9-15/h1-14,23H. The zero-order valence-corrected chi connectivity index (χ0v) is 14.1. The van der Waals surface area contributed by atoms with Crippen LogP contribution in [0.4, 0.5) is 0 Å². The molecule has 0 saturated carbocycles. The Morgan fingerprint density at radius 1 is 0.840 bits per heavy atom. The van der Waals surface area contributed by atoms with E-state index in [2.05, 4.69) is 0 Å². The Morgan fingerprint density at radius 2 is 1.52 bits per heavy atom. The van der Waals surface area contributed by atoms with Crippen LogP contribution >= 0.6 is 11.3 Å². The summed E-state index contributed by atoms with van der Waals surface area (Å²) in [5, 5.41) is 12.5. The number of benzene rings is 2. The van der Waals surface area contributed by atoms with Crippen LogP contribution in [0.25, 0.3) is 27.4 Å². The van der Waals surface area contributed by atoms with Crippen molar-refractivity contribution in [2.45, 2.75) is 0 Å². The molecule has 2 aromatic carbocycles. The van der Waals surface area contributed by atoms with Gasteiger partial charge in [0.2, 0.25) is 0 Å². The number of para-hydroxylation sites is 1. The number of aromatic hydroxyl groups is 1. The minimum Gasteiger partial charge on any atom is -0.507 e. The molecule has 0 unspecified atom stereocenters. The maximum Gasteiger partial charge on any atom is 0.267 e. The fraction of sp³-hybridized carbons (Fsp3) is 0. The molecule has 2 aromatic heterocycles. The predicted molar refractivity (Wildman–Crippen MR) is 102 cm³/mol. The molecule has 2 heterocycles. The summed E-state index contributed by atoms with van der Waals surface area (Å²) in [4.78, 5) is 14.2. The molecule has 0 atom stereocenters. The highest BCUT2D eigenvalue weighted by atomic mass is 32.1. The average molecular weight is 345 g/mol. The van der Waals surface area contributed by atoms with Crippen molar-refractivity contribution in [1.29, 1.82) is 0 Å². The molecule has 3 nitrogen and oxygen atoms in total. The van der Waals surface area contributed by atoms with Gasteiger partial charge < -0.3 is 5.11 Å². The lowest BCUT2D eigenvalue weighted by atomic mass is 10.0. The smallest absolute Gasteiger partial charge is 0.267 e. The minimum atomic E-state index is -0.235. The third kappa shape index (κ3) is 2.77. The van der Waals surface area contributed by atoms with Gasteiger partial charge in [0.25, 0.3) is 5.56 Å². The maximum absolute atomic E-state index is 13.3. The first-order valence-electron chi connectivity index (χ1n) is 7.89. The highest BCUT2D eigenvalue weighted by Crippen LogP contribution is 2.33. The Labute approximate surface area is 149 Å². The molecule has 1 N–H and O–H groups in total. The van der Waals surface area contributed by atoms with Crippen LogP contribution in [0.3, 0.4) is 0 Å². The van der Waals surface area contributed by atoms with Gasteiger partial charge in [-0.1, -0.05) is 54.6 Å². The van der Waals surface area contributed by atoms with Crippen molar-refractivity contribution in [3.8, 4) is 33.1 Å². The summed E-state index contributed by atoms with van der Waals surface area (Å²) >= 11 is 1.53. The van der Waals surface area contributed by atoms with Crippen molar-refractivity contribution in [3.63, 3.8) is 0 Å². The molecule has 0 radical (unpaired) electrons. The number of thiophene rings is 1. The van der Waals surface area contributed by atoms with Crippen LogP contribution in [-0.2, 0) is 0 Å². The van der Waals surface area contributed by atoms with Gasteiger partial charge in [-0.15, -0.1) is 11.3 Å². The van der Waals surface area contributed by atoms with Crippen molar-refractivity contribution < 1.29 is 5.11 Å². The lowest BCUT2D eigenvalue weighted by molar-refractivity contribution is 0.475. The van der Waals surface area contributed by atoms with Crippen molar-refractivity contribution in [3.05, 3.63) is 94.6 Å². The van der Waals surface area contributed by atoms with E-state index < -0.39 is 0 Å². The van der Waals surface area contributed by atoms with Crippen LogP contribution < -0.4 is 5.56 Å². The molecule has 0 spiro atoms. The van der Waals surface area contributed by atoms with Gasteiger partial charge >= 0.3 is 0 Å². The Hall–Kier alpha value is -3.11. The average Bonchev–Trinajstić information content (AvgIpc) is 3.17. The van der Waals surface area contributed by atoms with Gasteiger partial charge in [-0.3, -0.25) is 9.36 Å². The number of hydrogen-bond acceptors (Lipinski definition) is 3. The first kappa shape index (κ1) is 15.4. The Bertz CT molecular complexity index is 1050. The summed E-state index contributed by atoms with van der Waals surface area (Å²) < 4.78 is 1.66. The highest BCUT2D eigenvalue weighted by Gasteiger charge is 2.18. The minimum absolute atomic E-state index is 0.00761. The Balaban J connectivity index is 2.07. The molecule has 4 aromatic rings. The van der Waals surface area contributed by atoms with Crippen molar-refractivity contribution in [2.24, 2.45) is 0 Å². The number of aromatic nitrogens is 1. The van der Waals surface area contributed by atoms with E-state index >= 15 is 0 Å². The summed E-state index contributed by atoms with van der Waals surface area (Å²) in [5.74, 6) is -0.00761. The van der Waals surface area contributed by atoms with E-state index in [9.17, 15) is 9.90 Å². The fourth-order valence-corrected chi connectivity index (χ4v) is 3.64. The van der Waals surface area contributed by atoms with E-state index in [4.69, 9.17) is 0 Å².